The molecule has 0 saturated heterocycles. The number of nitrogens with two attached hydrogens (primary N) is 1. The molecule has 0 aromatic heterocycles. The molecule has 8 nitrogen and oxygen atoms in total. The molecule has 1 amide bonds. The van der Waals surface area contributed by atoms with E-state index in [9.17, 15) is 14.4 Å². The Kier molecular flexibility index (Phi) is 6.37. The van der Waals surface area contributed by atoms with Gasteiger partial charge in [0, 0.05) is 32.7 Å². The number of carbonyl (C=O) groups excluding carboxylic acids is 3. The maximum atomic E-state index is 12.0. The number of amides is 1. The molecule has 0 bridgehead atoms. The van der Waals surface area contributed by atoms with Crippen molar-refractivity contribution in [2.45, 2.75) is 77.4 Å². The lowest BCUT2D eigenvalue weighted by molar-refractivity contribution is -0.158. The Hall–Kier alpha value is -1.83. The van der Waals surface area contributed by atoms with Crippen molar-refractivity contribution in [3.63, 3.8) is 0 Å². The molecule has 1 aliphatic rings. The Morgan fingerprint density at radius 2 is 1.52 bits per heavy atom. The zero-order valence-corrected chi connectivity index (χ0v) is 14.3. The van der Waals surface area contributed by atoms with Crippen LogP contribution >= 0.6 is 0 Å². The SMILES string of the molecule is CC(=O)O[C@@H]1C[C@@H](NC(=O)OC(C)(C)C)[C@H](OC(C)=O)C[C@@H]1N. The van der Waals surface area contributed by atoms with Gasteiger partial charge in [-0.15, -0.1) is 0 Å². The number of ether oxygens (including phenoxy) is 3. The zero-order chi connectivity index (χ0) is 17.8. The molecule has 1 rings (SSSR count). The Morgan fingerprint density at radius 1 is 1.00 bits per heavy atom. The minimum Gasteiger partial charge on any atom is -0.461 e. The fraction of sp³-hybridized carbons (Fsp3) is 0.800. The summed E-state index contributed by atoms with van der Waals surface area (Å²) >= 11 is 0. The van der Waals surface area contributed by atoms with Crippen LogP contribution in [0.3, 0.4) is 0 Å². The molecule has 0 aromatic rings. The molecule has 1 fully saturated rings. The largest absolute Gasteiger partial charge is 0.461 e. The van der Waals surface area contributed by atoms with Crippen LogP contribution < -0.4 is 11.1 Å². The lowest BCUT2D eigenvalue weighted by Gasteiger charge is -2.39. The second-order valence-electron chi connectivity index (χ2n) is 6.68. The van der Waals surface area contributed by atoms with E-state index < -0.39 is 47.9 Å². The molecule has 0 aliphatic heterocycles. The molecule has 0 radical (unpaired) electrons. The molecule has 0 heterocycles. The second kappa shape index (κ2) is 7.63. The number of esters is 2. The summed E-state index contributed by atoms with van der Waals surface area (Å²) in [5.41, 5.74) is 5.32. The van der Waals surface area contributed by atoms with E-state index in [1.54, 1.807) is 20.8 Å². The average Bonchev–Trinajstić information content (AvgIpc) is 2.31. The molecule has 4 atom stereocenters. The van der Waals surface area contributed by atoms with Crippen molar-refractivity contribution in [3.8, 4) is 0 Å². The van der Waals surface area contributed by atoms with Crippen molar-refractivity contribution >= 4 is 18.0 Å². The van der Waals surface area contributed by atoms with E-state index in [1.807, 2.05) is 0 Å². The molecule has 0 unspecified atom stereocenters. The first-order valence-electron chi connectivity index (χ1n) is 7.57. The summed E-state index contributed by atoms with van der Waals surface area (Å²) in [6.45, 7) is 7.81. The third-order valence-corrected chi connectivity index (χ3v) is 3.25. The van der Waals surface area contributed by atoms with Gasteiger partial charge in [-0.25, -0.2) is 4.79 Å². The molecule has 0 spiro atoms. The van der Waals surface area contributed by atoms with Gasteiger partial charge in [0.15, 0.2) is 0 Å². The van der Waals surface area contributed by atoms with Crippen LogP contribution in [0.15, 0.2) is 0 Å². The third-order valence-electron chi connectivity index (χ3n) is 3.25. The van der Waals surface area contributed by atoms with Gasteiger partial charge < -0.3 is 25.3 Å². The maximum Gasteiger partial charge on any atom is 0.408 e. The number of hydrogen-bond acceptors (Lipinski definition) is 7. The van der Waals surface area contributed by atoms with E-state index >= 15 is 0 Å². The summed E-state index contributed by atoms with van der Waals surface area (Å²) in [6.07, 6.45) is -1.26. The van der Waals surface area contributed by atoms with Crippen molar-refractivity contribution in [2.75, 3.05) is 0 Å². The Balaban J connectivity index is 2.80. The summed E-state index contributed by atoms with van der Waals surface area (Å²) in [5, 5.41) is 2.67. The van der Waals surface area contributed by atoms with Crippen LogP contribution in [0.25, 0.3) is 0 Å². The zero-order valence-electron chi connectivity index (χ0n) is 14.3. The van der Waals surface area contributed by atoms with Crippen molar-refractivity contribution in [3.05, 3.63) is 0 Å². The van der Waals surface area contributed by atoms with Gasteiger partial charge in [-0.05, 0) is 20.8 Å². The topological polar surface area (TPSA) is 117 Å². The number of carbonyl (C=O) groups is 3. The highest BCUT2D eigenvalue weighted by Crippen LogP contribution is 2.24. The van der Waals surface area contributed by atoms with Gasteiger partial charge in [-0.3, -0.25) is 9.59 Å². The minimum absolute atomic E-state index is 0.248. The van der Waals surface area contributed by atoms with Crippen LogP contribution in [0, 0.1) is 0 Å². The van der Waals surface area contributed by atoms with Gasteiger partial charge >= 0.3 is 18.0 Å². The smallest absolute Gasteiger partial charge is 0.408 e. The standard InChI is InChI=1S/C15H26N2O6/c1-8(18)21-12-7-11(17-14(20)23-15(3,4)5)13(6-10(12)16)22-9(2)19/h10-13H,6-7,16H2,1-5H3,(H,17,20)/t10-,11+,12+,13+/m0/s1. The highest BCUT2D eigenvalue weighted by atomic mass is 16.6. The average molecular weight is 330 g/mol. The van der Waals surface area contributed by atoms with Crippen LogP contribution in [0.5, 0.6) is 0 Å². The Morgan fingerprint density at radius 3 is 2.00 bits per heavy atom. The van der Waals surface area contributed by atoms with Crippen LogP contribution in [-0.4, -0.2) is 47.9 Å². The van der Waals surface area contributed by atoms with Gasteiger partial charge in [0.2, 0.25) is 0 Å². The first kappa shape index (κ1) is 19.2. The monoisotopic (exact) mass is 330 g/mol. The Bertz CT molecular complexity index is 459. The second-order valence-corrected chi connectivity index (χ2v) is 6.68. The van der Waals surface area contributed by atoms with Crippen molar-refractivity contribution in [2.24, 2.45) is 5.73 Å². The highest BCUT2D eigenvalue weighted by molar-refractivity contribution is 5.69. The van der Waals surface area contributed by atoms with E-state index in [0.29, 0.717) is 0 Å². The minimum atomic E-state index is -0.651. The van der Waals surface area contributed by atoms with Gasteiger partial charge in [0.25, 0.3) is 0 Å². The summed E-state index contributed by atoms with van der Waals surface area (Å²) in [6, 6.07) is -1.02. The summed E-state index contributed by atoms with van der Waals surface area (Å²) in [7, 11) is 0. The molecular formula is C15H26N2O6. The summed E-state index contributed by atoms with van der Waals surface area (Å²) in [4.78, 5) is 34.4. The van der Waals surface area contributed by atoms with E-state index in [4.69, 9.17) is 19.9 Å². The molecule has 1 aliphatic carbocycles. The summed E-state index contributed by atoms with van der Waals surface area (Å²) < 4.78 is 15.6. The molecule has 132 valence electrons. The van der Waals surface area contributed by atoms with E-state index in [-0.39, 0.29) is 12.8 Å². The molecule has 0 aromatic carbocycles. The van der Waals surface area contributed by atoms with Crippen molar-refractivity contribution in [1.82, 2.24) is 5.32 Å². The number of rotatable bonds is 3. The fourth-order valence-electron chi connectivity index (χ4n) is 2.46. The third kappa shape index (κ3) is 6.85. The van der Waals surface area contributed by atoms with Crippen molar-refractivity contribution in [1.29, 1.82) is 0 Å². The number of hydrogen-bond donors (Lipinski definition) is 2. The van der Waals surface area contributed by atoms with Crippen LogP contribution in [0.4, 0.5) is 4.79 Å². The normalized spacial score (nSPS) is 27.7. The molecule has 8 heteroatoms. The predicted molar refractivity (Wildman–Crippen MR) is 81.5 cm³/mol. The van der Waals surface area contributed by atoms with E-state index in [1.165, 1.54) is 13.8 Å². The fourth-order valence-corrected chi connectivity index (χ4v) is 2.46. The number of nitrogens with one attached hydrogen (secondary N) is 1. The highest BCUT2D eigenvalue weighted by Gasteiger charge is 2.40. The van der Waals surface area contributed by atoms with E-state index in [2.05, 4.69) is 5.32 Å². The molecule has 23 heavy (non-hydrogen) atoms. The van der Waals surface area contributed by atoms with Crippen LogP contribution in [0.1, 0.15) is 47.5 Å². The lowest BCUT2D eigenvalue weighted by atomic mass is 9.86. The van der Waals surface area contributed by atoms with Gasteiger partial charge in [-0.1, -0.05) is 0 Å². The maximum absolute atomic E-state index is 12.0. The summed E-state index contributed by atoms with van der Waals surface area (Å²) in [5.74, 6) is -0.920. The lowest BCUT2D eigenvalue weighted by Crippen LogP contribution is -2.57. The quantitative estimate of drug-likeness (QED) is 0.582. The van der Waals surface area contributed by atoms with Crippen molar-refractivity contribution < 1.29 is 28.6 Å². The first-order chi connectivity index (χ1) is 10.5. The predicted octanol–water partition coefficient (Wildman–Crippen LogP) is 0.864. The number of alkyl carbamates (subject to hydrolysis) is 1. The van der Waals surface area contributed by atoms with Gasteiger partial charge in [0.1, 0.15) is 17.8 Å². The van der Waals surface area contributed by atoms with Crippen LogP contribution in [-0.2, 0) is 23.8 Å². The van der Waals surface area contributed by atoms with Crippen LogP contribution in [0.2, 0.25) is 0 Å². The molecule has 3 N–H and O–H groups in total. The van der Waals surface area contributed by atoms with E-state index in [0.717, 1.165) is 0 Å². The van der Waals surface area contributed by atoms with Gasteiger partial charge in [-0.2, -0.15) is 0 Å². The first-order valence-corrected chi connectivity index (χ1v) is 7.57. The molecule has 1 saturated carbocycles. The molecular weight excluding hydrogens is 304 g/mol. The van der Waals surface area contributed by atoms with Gasteiger partial charge in [0.05, 0.1) is 6.04 Å². The Labute approximate surface area is 136 Å².